The molecule has 0 saturated heterocycles. The van der Waals surface area contributed by atoms with Gasteiger partial charge in [-0.1, -0.05) is 115 Å². The van der Waals surface area contributed by atoms with E-state index in [0.717, 1.165) is 60.1 Å². The van der Waals surface area contributed by atoms with E-state index in [1.807, 2.05) is 72.8 Å². The van der Waals surface area contributed by atoms with Gasteiger partial charge in [-0.25, -0.2) is 9.59 Å². The Morgan fingerprint density at radius 3 is 1.35 bits per heavy atom. The third-order valence-electron chi connectivity index (χ3n) is 10.8. The molecule has 48 heavy (non-hydrogen) atoms. The van der Waals surface area contributed by atoms with Crippen LogP contribution in [0.15, 0.2) is 72.8 Å². The summed E-state index contributed by atoms with van der Waals surface area (Å²) in [6.07, 6.45) is 4.14. The second kappa shape index (κ2) is 14.6. The SMILES string of the molecule is CC(C)[C@H]1CC[C@H](C)C[C@@H]1OC(=O)Oc1ccc2ccccc2c1-c1c(OC(=O)O[C@H]2C[C@@H](C)CC[C@@H]2C(C)C)ccc2ccccc12. The summed E-state index contributed by atoms with van der Waals surface area (Å²) >= 11 is 0. The Morgan fingerprint density at radius 2 is 0.958 bits per heavy atom. The Hall–Kier alpha value is -4.06. The molecule has 0 heterocycles. The summed E-state index contributed by atoms with van der Waals surface area (Å²) in [5.74, 6) is 3.03. The molecule has 0 amide bonds. The molecule has 6 nitrogen and oxygen atoms in total. The quantitative estimate of drug-likeness (QED) is 0.146. The smallest absolute Gasteiger partial charge is 0.430 e. The minimum atomic E-state index is -0.718. The summed E-state index contributed by atoms with van der Waals surface area (Å²) in [5.41, 5.74) is 1.32. The summed E-state index contributed by atoms with van der Waals surface area (Å²) in [6.45, 7) is 13.2. The fourth-order valence-electron chi connectivity index (χ4n) is 8.16. The van der Waals surface area contributed by atoms with E-state index < -0.39 is 12.3 Å². The number of ether oxygens (including phenoxy) is 4. The highest BCUT2D eigenvalue weighted by molar-refractivity contribution is 6.10. The molecule has 4 aromatic rings. The normalized spacial score (nSPS) is 24.5. The van der Waals surface area contributed by atoms with Crippen LogP contribution in [0.1, 0.15) is 80.1 Å². The molecule has 2 fully saturated rings. The molecule has 6 heteroatoms. The first kappa shape index (κ1) is 33.8. The molecule has 0 aromatic heterocycles. The van der Waals surface area contributed by atoms with Gasteiger partial charge in [-0.3, -0.25) is 0 Å². The van der Waals surface area contributed by atoms with Gasteiger partial charge in [0.2, 0.25) is 0 Å². The Balaban J connectivity index is 1.39. The molecule has 0 radical (unpaired) electrons. The predicted molar refractivity (Wildman–Crippen MR) is 191 cm³/mol. The summed E-state index contributed by atoms with van der Waals surface area (Å²) < 4.78 is 24.4. The van der Waals surface area contributed by atoms with Crippen molar-refractivity contribution < 1.29 is 28.5 Å². The Kier molecular flexibility index (Phi) is 10.3. The van der Waals surface area contributed by atoms with Crippen molar-refractivity contribution in [2.45, 2.75) is 92.3 Å². The highest BCUT2D eigenvalue weighted by Gasteiger charge is 2.36. The van der Waals surface area contributed by atoms with E-state index in [2.05, 4.69) is 41.5 Å². The molecule has 0 spiro atoms. The van der Waals surface area contributed by atoms with E-state index in [0.29, 0.717) is 46.3 Å². The zero-order valence-corrected chi connectivity index (χ0v) is 29.2. The molecule has 0 aliphatic heterocycles. The van der Waals surface area contributed by atoms with E-state index in [4.69, 9.17) is 18.9 Å². The summed E-state index contributed by atoms with van der Waals surface area (Å²) in [7, 11) is 0. The fourth-order valence-corrected chi connectivity index (χ4v) is 8.16. The maximum absolute atomic E-state index is 13.6. The van der Waals surface area contributed by atoms with Crippen LogP contribution in [-0.2, 0) is 9.47 Å². The van der Waals surface area contributed by atoms with Crippen molar-refractivity contribution in [3.63, 3.8) is 0 Å². The van der Waals surface area contributed by atoms with Gasteiger partial charge < -0.3 is 18.9 Å². The van der Waals surface area contributed by atoms with Crippen molar-refractivity contribution in [1.82, 2.24) is 0 Å². The van der Waals surface area contributed by atoms with E-state index in [1.54, 1.807) is 0 Å². The van der Waals surface area contributed by atoms with Gasteiger partial charge >= 0.3 is 12.3 Å². The molecule has 254 valence electrons. The molecule has 2 aliphatic rings. The first-order chi connectivity index (χ1) is 23.1. The Morgan fingerprint density at radius 1 is 0.562 bits per heavy atom. The van der Waals surface area contributed by atoms with Gasteiger partial charge in [0, 0.05) is 11.1 Å². The van der Waals surface area contributed by atoms with Crippen molar-refractivity contribution in [3.8, 4) is 22.6 Å². The highest BCUT2D eigenvalue weighted by Crippen LogP contribution is 2.46. The average Bonchev–Trinajstić information content (AvgIpc) is 3.04. The summed E-state index contributed by atoms with van der Waals surface area (Å²) in [4.78, 5) is 27.2. The number of fused-ring (bicyclic) bond motifs is 2. The molecule has 6 atom stereocenters. The number of hydrogen-bond donors (Lipinski definition) is 0. The average molecular weight is 651 g/mol. The zero-order valence-electron chi connectivity index (χ0n) is 29.2. The van der Waals surface area contributed by atoms with Gasteiger partial charge in [0.1, 0.15) is 23.7 Å². The fraction of sp³-hybridized carbons (Fsp3) is 0.476. The molecule has 0 N–H and O–H groups in total. The van der Waals surface area contributed by atoms with Gasteiger partial charge in [0.05, 0.1) is 0 Å². The lowest BCUT2D eigenvalue weighted by atomic mass is 9.75. The van der Waals surface area contributed by atoms with Crippen LogP contribution in [-0.4, -0.2) is 24.5 Å². The summed E-state index contributed by atoms with van der Waals surface area (Å²) in [5, 5.41) is 3.66. The van der Waals surface area contributed by atoms with Gasteiger partial charge in [-0.2, -0.15) is 0 Å². The second-order valence-corrected chi connectivity index (χ2v) is 15.0. The van der Waals surface area contributed by atoms with Crippen LogP contribution in [0.2, 0.25) is 0 Å². The van der Waals surface area contributed by atoms with Crippen LogP contribution in [0.5, 0.6) is 11.5 Å². The topological polar surface area (TPSA) is 71.1 Å². The van der Waals surface area contributed by atoms with Gasteiger partial charge in [0.25, 0.3) is 0 Å². The van der Waals surface area contributed by atoms with Crippen LogP contribution >= 0.6 is 0 Å². The first-order valence-electron chi connectivity index (χ1n) is 17.9. The molecule has 2 saturated carbocycles. The molecule has 4 aromatic carbocycles. The first-order valence-corrected chi connectivity index (χ1v) is 17.9. The molecule has 6 rings (SSSR count). The molecular weight excluding hydrogens is 600 g/mol. The number of benzene rings is 4. The number of carbonyl (C=O) groups is 2. The zero-order chi connectivity index (χ0) is 33.9. The van der Waals surface area contributed by atoms with Crippen LogP contribution in [0, 0.1) is 35.5 Å². The monoisotopic (exact) mass is 650 g/mol. The minimum Gasteiger partial charge on any atom is -0.430 e. The van der Waals surface area contributed by atoms with Gasteiger partial charge in [-0.05, 0) is 94.9 Å². The van der Waals surface area contributed by atoms with E-state index >= 15 is 0 Å². The Labute approximate surface area is 285 Å². The maximum atomic E-state index is 13.6. The molecular formula is C42H50O6. The standard InChI is InChI=1S/C42H50O6/c1-25(2)31-19-15-27(5)23-37(31)47-41(43)45-35-21-17-29-11-7-9-13-33(29)39(35)40-34-14-10-8-12-30(34)18-22-36(40)46-42(44)48-38-24-28(6)16-20-32(38)26(3)4/h7-14,17-18,21-22,25-28,31-32,37-38H,15-16,19-20,23-24H2,1-6H3/t27-,28-,31+,32+,37-,38-/m0/s1. The highest BCUT2D eigenvalue weighted by atomic mass is 16.7. The van der Waals surface area contributed by atoms with Crippen molar-refractivity contribution in [1.29, 1.82) is 0 Å². The lowest BCUT2D eigenvalue weighted by Crippen LogP contribution is -2.36. The van der Waals surface area contributed by atoms with Crippen molar-refractivity contribution in [3.05, 3.63) is 72.8 Å². The number of rotatable bonds is 7. The van der Waals surface area contributed by atoms with Gasteiger partial charge in [-0.15, -0.1) is 0 Å². The van der Waals surface area contributed by atoms with E-state index in [9.17, 15) is 9.59 Å². The predicted octanol–water partition coefficient (Wildman–Crippen LogP) is 11.6. The summed E-state index contributed by atoms with van der Waals surface area (Å²) in [6, 6.07) is 23.4. The number of hydrogen-bond acceptors (Lipinski definition) is 6. The largest absolute Gasteiger partial charge is 0.514 e. The molecule has 0 unspecified atom stereocenters. The van der Waals surface area contributed by atoms with E-state index in [-0.39, 0.29) is 24.0 Å². The van der Waals surface area contributed by atoms with Crippen molar-refractivity contribution in [2.24, 2.45) is 35.5 Å². The van der Waals surface area contributed by atoms with Crippen molar-refractivity contribution in [2.75, 3.05) is 0 Å². The molecule has 2 aliphatic carbocycles. The van der Waals surface area contributed by atoms with Crippen LogP contribution in [0.4, 0.5) is 9.59 Å². The minimum absolute atomic E-state index is 0.200. The third kappa shape index (κ3) is 7.33. The maximum Gasteiger partial charge on any atom is 0.514 e. The van der Waals surface area contributed by atoms with E-state index in [1.165, 1.54) is 0 Å². The van der Waals surface area contributed by atoms with Crippen LogP contribution < -0.4 is 9.47 Å². The lowest BCUT2D eigenvalue weighted by Gasteiger charge is -2.36. The van der Waals surface area contributed by atoms with Crippen LogP contribution in [0.25, 0.3) is 32.7 Å². The van der Waals surface area contributed by atoms with Gasteiger partial charge in [0.15, 0.2) is 0 Å². The second-order valence-electron chi connectivity index (χ2n) is 15.0. The molecule has 0 bridgehead atoms. The number of carbonyl (C=O) groups excluding carboxylic acids is 2. The lowest BCUT2D eigenvalue weighted by molar-refractivity contribution is -0.0145. The van der Waals surface area contributed by atoms with Crippen molar-refractivity contribution >= 4 is 33.9 Å². The third-order valence-corrected chi connectivity index (χ3v) is 10.8. The Bertz CT molecular complexity index is 1630. The van der Waals surface area contributed by atoms with Crippen LogP contribution in [0.3, 0.4) is 0 Å².